The number of amides is 2. The first-order chi connectivity index (χ1) is 20.3. The number of nitrogens with one attached hydrogen (secondary N) is 2. The smallest absolute Gasteiger partial charge is 0.244 e. The lowest BCUT2D eigenvalue weighted by Gasteiger charge is -2.36. The molecule has 0 saturated carbocycles. The lowest BCUT2D eigenvalue weighted by molar-refractivity contribution is -0.131. The van der Waals surface area contributed by atoms with Crippen molar-refractivity contribution < 1.29 is 9.59 Å². The molecule has 0 spiro atoms. The normalized spacial score (nSPS) is 12.3. The van der Waals surface area contributed by atoms with E-state index >= 15 is 0 Å². The predicted molar refractivity (Wildman–Crippen MR) is 182 cm³/mol. The van der Waals surface area contributed by atoms with Gasteiger partial charge >= 0.3 is 0 Å². The minimum Gasteiger partial charge on any atom is -0.341 e. The minimum atomic E-state index is -0.898. The van der Waals surface area contributed by atoms with Crippen LogP contribution in [0.3, 0.4) is 0 Å². The van der Waals surface area contributed by atoms with Gasteiger partial charge in [-0.1, -0.05) is 103 Å². The minimum absolute atomic E-state index is 0. The summed E-state index contributed by atoms with van der Waals surface area (Å²) in [5.74, 6) is 0.701. The van der Waals surface area contributed by atoms with Crippen molar-refractivity contribution in [3.8, 4) is 0 Å². The number of hydrogen-bond donors (Lipinski definition) is 3. The molecule has 1 aromatic heterocycles. The highest BCUT2D eigenvalue weighted by Gasteiger charge is 2.38. The largest absolute Gasteiger partial charge is 0.341 e. The maximum Gasteiger partial charge on any atom is 0.244 e. The van der Waals surface area contributed by atoms with Crippen LogP contribution in [0.2, 0.25) is 0 Å². The van der Waals surface area contributed by atoms with Crippen LogP contribution in [0.25, 0.3) is 11.0 Å². The average molecular weight is 631 g/mol. The summed E-state index contributed by atoms with van der Waals surface area (Å²) in [6, 6.07) is 37.6. The average Bonchev–Trinajstić information content (AvgIpc) is 3.45. The lowest BCUT2D eigenvalue weighted by atomic mass is 9.84. The van der Waals surface area contributed by atoms with Crippen molar-refractivity contribution in [2.24, 2.45) is 5.73 Å². The number of nitrogens with zero attached hydrogens (tertiary/aromatic N) is 1. The number of nitrogens with two attached hydrogens (primary N) is 1. The second-order valence-corrected chi connectivity index (χ2v) is 13.3. The Balaban J connectivity index is 0.00000423. The van der Waals surface area contributed by atoms with Crippen molar-refractivity contribution in [3.05, 3.63) is 138 Å². The Hall–Kier alpha value is -3.56. The number of carbonyl (C=O) groups is 2. The van der Waals surface area contributed by atoms with Crippen molar-refractivity contribution >= 4 is 58.8 Å². The molecule has 0 radical (unpaired) electrons. The van der Waals surface area contributed by atoms with Gasteiger partial charge in [0.15, 0.2) is 0 Å². The van der Waals surface area contributed by atoms with E-state index in [-0.39, 0.29) is 18.3 Å². The Bertz CT molecular complexity index is 1520. The number of fused-ring (bicyclic) bond motifs is 1. The van der Waals surface area contributed by atoms with Crippen LogP contribution in [0, 0.1) is 0 Å². The topological polar surface area (TPSA) is 101 Å². The number of hydrogen-bond acceptors (Lipinski definition) is 6. The number of rotatable bonds is 11. The number of halogens is 1. The number of imidazole rings is 1. The summed E-state index contributed by atoms with van der Waals surface area (Å²) < 4.78 is -1.48. The Kier molecular flexibility index (Phi) is 10.7. The fourth-order valence-corrected chi connectivity index (χ4v) is 7.11. The van der Waals surface area contributed by atoms with E-state index in [0.29, 0.717) is 11.5 Å². The summed E-state index contributed by atoms with van der Waals surface area (Å²) >= 11 is 3.01. The Morgan fingerprint density at radius 2 is 1.28 bits per heavy atom. The van der Waals surface area contributed by atoms with Gasteiger partial charge in [0.2, 0.25) is 11.8 Å². The molecule has 9 heteroatoms. The van der Waals surface area contributed by atoms with E-state index in [9.17, 15) is 9.59 Å². The Morgan fingerprint density at radius 1 is 0.791 bits per heavy atom. The molecule has 0 bridgehead atoms. The molecule has 0 saturated heterocycles. The molecule has 0 unspecified atom stereocenters. The van der Waals surface area contributed by atoms with Gasteiger partial charge in [0.05, 0.1) is 32.3 Å². The quantitative estimate of drug-likeness (QED) is 0.141. The highest BCUT2D eigenvalue weighted by Crippen LogP contribution is 2.48. The van der Waals surface area contributed by atoms with Crippen LogP contribution in [0.4, 0.5) is 0 Å². The van der Waals surface area contributed by atoms with Gasteiger partial charge in [-0.05, 0) is 42.7 Å². The van der Waals surface area contributed by atoms with E-state index in [2.05, 4.69) is 51.7 Å². The zero-order valence-corrected chi connectivity index (χ0v) is 26.5. The molecular weight excluding hydrogens is 596 g/mol. The number of carbonyl (C=O) groups excluding carboxylic acids is 2. The summed E-state index contributed by atoms with van der Waals surface area (Å²) in [6.07, 6.45) is 0. The third kappa shape index (κ3) is 7.33. The third-order valence-electron chi connectivity index (χ3n) is 7.15. The molecule has 5 aromatic rings. The third-order valence-corrected chi connectivity index (χ3v) is 10.1. The summed E-state index contributed by atoms with van der Waals surface area (Å²) in [4.78, 5) is 34.3. The fourth-order valence-electron chi connectivity index (χ4n) is 4.80. The number of para-hydroxylation sites is 2. The standard InChI is InChI=1S/C34H34N4O2S2.ClH/c1-33(2,41-23-30-36-28-20-12-13-21-29(28)37-30)32(40)38-31(39)27(35)22-42-34(24-14-6-3-7-15-24,25-16-8-4-9-17-25)26-18-10-5-11-19-26;/h3-21,27H,22-23,35H2,1-2H3,(H,36,37)(H,38,39,40);1H/t27-;/m0./s1. The van der Waals surface area contributed by atoms with E-state index in [0.717, 1.165) is 33.5 Å². The van der Waals surface area contributed by atoms with E-state index in [1.54, 1.807) is 25.6 Å². The highest BCUT2D eigenvalue weighted by molar-refractivity contribution is 8.00. The lowest BCUT2D eigenvalue weighted by Crippen LogP contribution is -2.50. The second-order valence-electron chi connectivity index (χ2n) is 10.5. The highest BCUT2D eigenvalue weighted by atomic mass is 35.5. The molecule has 5 rings (SSSR count). The van der Waals surface area contributed by atoms with Crippen molar-refractivity contribution in [2.45, 2.75) is 35.1 Å². The van der Waals surface area contributed by atoms with Gasteiger partial charge in [-0.2, -0.15) is 0 Å². The summed E-state index contributed by atoms with van der Waals surface area (Å²) in [5.41, 5.74) is 11.5. The van der Waals surface area contributed by atoms with E-state index in [4.69, 9.17) is 5.73 Å². The second kappa shape index (κ2) is 14.3. The molecule has 1 heterocycles. The number of thioether (sulfide) groups is 2. The molecule has 222 valence electrons. The van der Waals surface area contributed by atoms with Crippen LogP contribution >= 0.6 is 35.9 Å². The number of aromatic nitrogens is 2. The van der Waals surface area contributed by atoms with Gasteiger partial charge in [-0.15, -0.1) is 35.9 Å². The van der Waals surface area contributed by atoms with E-state index in [1.807, 2.05) is 78.9 Å². The number of H-pyrrole nitrogens is 1. The zero-order valence-electron chi connectivity index (χ0n) is 24.0. The maximum atomic E-state index is 13.2. The maximum absolute atomic E-state index is 13.2. The van der Waals surface area contributed by atoms with Crippen LogP contribution in [0.5, 0.6) is 0 Å². The van der Waals surface area contributed by atoms with Crippen LogP contribution < -0.4 is 11.1 Å². The van der Waals surface area contributed by atoms with Crippen molar-refractivity contribution in [1.82, 2.24) is 15.3 Å². The van der Waals surface area contributed by atoms with Crippen LogP contribution in [0.15, 0.2) is 115 Å². The molecule has 6 nitrogen and oxygen atoms in total. The monoisotopic (exact) mass is 630 g/mol. The first-order valence-corrected chi connectivity index (χ1v) is 15.8. The van der Waals surface area contributed by atoms with E-state index < -0.39 is 21.4 Å². The summed E-state index contributed by atoms with van der Waals surface area (Å²) in [5, 5.41) is 2.57. The molecule has 0 fully saturated rings. The number of imide groups is 1. The van der Waals surface area contributed by atoms with Crippen molar-refractivity contribution in [2.75, 3.05) is 5.75 Å². The summed E-state index contributed by atoms with van der Waals surface area (Å²) in [6.45, 7) is 3.60. The molecule has 4 N–H and O–H groups in total. The van der Waals surface area contributed by atoms with Crippen molar-refractivity contribution in [1.29, 1.82) is 0 Å². The van der Waals surface area contributed by atoms with Gasteiger partial charge < -0.3 is 10.7 Å². The van der Waals surface area contributed by atoms with Gasteiger partial charge in [-0.25, -0.2) is 4.98 Å². The van der Waals surface area contributed by atoms with Crippen molar-refractivity contribution in [3.63, 3.8) is 0 Å². The molecular formula is C34H35ClN4O2S2. The molecule has 4 aromatic carbocycles. The Morgan fingerprint density at radius 3 is 1.79 bits per heavy atom. The molecule has 0 aliphatic heterocycles. The van der Waals surface area contributed by atoms with E-state index in [1.165, 1.54) is 11.8 Å². The Labute approximate surface area is 267 Å². The van der Waals surface area contributed by atoms with Gasteiger partial charge in [0.1, 0.15) is 5.82 Å². The van der Waals surface area contributed by atoms with Crippen LogP contribution in [-0.4, -0.2) is 38.3 Å². The van der Waals surface area contributed by atoms with Gasteiger partial charge in [0, 0.05) is 5.75 Å². The predicted octanol–water partition coefficient (Wildman–Crippen LogP) is 6.69. The van der Waals surface area contributed by atoms with Crippen LogP contribution in [0.1, 0.15) is 36.4 Å². The molecule has 0 aliphatic carbocycles. The molecule has 1 atom stereocenters. The van der Waals surface area contributed by atoms with Gasteiger partial charge in [-0.3, -0.25) is 14.9 Å². The number of benzene rings is 4. The summed E-state index contributed by atoms with van der Waals surface area (Å²) in [7, 11) is 0. The first kappa shape index (κ1) is 32.4. The first-order valence-electron chi connectivity index (χ1n) is 13.8. The number of aromatic amines is 1. The SMILES string of the molecule is CC(C)(SCc1nc2ccccc2[nH]1)C(=O)NC(=O)[C@@H](N)CSC(c1ccccc1)(c1ccccc1)c1ccccc1.Cl. The van der Waals surface area contributed by atoms with Crippen LogP contribution in [-0.2, 0) is 20.1 Å². The molecule has 43 heavy (non-hydrogen) atoms. The zero-order chi connectivity index (χ0) is 29.6. The fraction of sp³-hybridized carbons (Fsp3) is 0.206. The molecule has 2 amide bonds. The molecule has 0 aliphatic rings. The van der Waals surface area contributed by atoms with Gasteiger partial charge in [0.25, 0.3) is 0 Å².